The molecule has 0 heterocycles. The van der Waals surface area contributed by atoms with E-state index in [0.29, 0.717) is 10.8 Å². The highest BCUT2D eigenvalue weighted by Gasteiger charge is 2.41. The Morgan fingerprint density at radius 3 is 2.56 bits per heavy atom. The second-order valence-electron chi connectivity index (χ2n) is 7.11. The van der Waals surface area contributed by atoms with Crippen LogP contribution in [0, 0.1) is 16.7 Å². The Bertz CT molecular complexity index is 308. The average Bonchev–Trinajstić information content (AvgIpc) is 2.21. The quantitative estimate of drug-likeness (QED) is 0.523. The molecule has 16 heavy (non-hydrogen) atoms. The lowest BCUT2D eigenvalue weighted by Gasteiger charge is -2.48. The highest BCUT2D eigenvalue weighted by atomic mass is 14.5. The molecule has 2 aliphatic rings. The second kappa shape index (κ2) is 3.89. The monoisotopic (exact) mass is 220 g/mol. The van der Waals surface area contributed by atoms with E-state index in [1.54, 1.807) is 0 Å². The third kappa shape index (κ3) is 1.85. The summed E-state index contributed by atoms with van der Waals surface area (Å²) >= 11 is 0. The van der Waals surface area contributed by atoms with E-state index in [1.165, 1.54) is 38.5 Å². The highest BCUT2D eigenvalue weighted by molar-refractivity contribution is 5.28. The number of rotatable bonds is 1. The van der Waals surface area contributed by atoms with Gasteiger partial charge in [0.25, 0.3) is 0 Å². The lowest BCUT2D eigenvalue weighted by atomic mass is 9.57. The molecule has 0 N–H and O–H groups in total. The predicted octanol–water partition coefficient (Wildman–Crippen LogP) is 5.34. The molecular weight excluding hydrogens is 192 g/mol. The van der Waals surface area contributed by atoms with E-state index < -0.39 is 0 Å². The smallest absolute Gasteiger partial charge is 0.0142 e. The maximum atomic E-state index is 2.51. The first-order valence-corrected chi connectivity index (χ1v) is 7.10. The van der Waals surface area contributed by atoms with Crippen LogP contribution >= 0.6 is 0 Å². The first-order chi connectivity index (χ1) is 7.39. The summed E-state index contributed by atoms with van der Waals surface area (Å²) in [5, 5.41) is 0. The molecule has 0 aromatic carbocycles. The highest BCUT2D eigenvalue weighted by Crippen LogP contribution is 2.54. The number of allylic oxidation sites excluding steroid dienone is 2. The molecule has 0 heteroatoms. The Morgan fingerprint density at radius 2 is 1.94 bits per heavy atom. The molecule has 2 unspecified atom stereocenters. The standard InChI is InChI=1S/C16H28/c1-6-16(5)11-14-13(10-12(16)2)8-7-9-15(14,3)4/h12H,6-11H2,1-5H3. The van der Waals surface area contributed by atoms with Gasteiger partial charge in [-0.1, -0.05) is 52.2 Å². The van der Waals surface area contributed by atoms with Crippen LogP contribution in [-0.4, -0.2) is 0 Å². The fourth-order valence-corrected chi connectivity index (χ4v) is 3.78. The third-order valence-electron chi connectivity index (χ3n) is 5.65. The van der Waals surface area contributed by atoms with Crippen molar-refractivity contribution in [2.45, 2.75) is 73.1 Å². The van der Waals surface area contributed by atoms with Crippen LogP contribution in [0.4, 0.5) is 0 Å². The largest absolute Gasteiger partial charge is 0.0702 e. The van der Waals surface area contributed by atoms with Crippen LogP contribution in [0.5, 0.6) is 0 Å². The molecule has 0 aliphatic heterocycles. The Morgan fingerprint density at radius 1 is 1.25 bits per heavy atom. The molecule has 0 radical (unpaired) electrons. The molecule has 2 aliphatic carbocycles. The summed E-state index contributed by atoms with van der Waals surface area (Å²) < 4.78 is 0. The van der Waals surface area contributed by atoms with Gasteiger partial charge in [0.1, 0.15) is 0 Å². The fraction of sp³-hybridized carbons (Fsp3) is 0.875. The third-order valence-corrected chi connectivity index (χ3v) is 5.65. The van der Waals surface area contributed by atoms with E-state index in [-0.39, 0.29) is 0 Å². The summed E-state index contributed by atoms with van der Waals surface area (Å²) in [6.07, 6.45) is 8.29. The Labute approximate surface area is 102 Å². The van der Waals surface area contributed by atoms with Crippen LogP contribution in [-0.2, 0) is 0 Å². The van der Waals surface area contributed by atoms with Crippen LogP contribution in [0.3, 0.4) is 0 Å². The van der Waals surface area contributed by atoms with Crippen molar-refractivity contribution in [3.63, 3.8) is 0 Å². The maximum Gasteiger partial charge on any atom is -0.0142 e. The minimum absolute atomic E-state index is 0.490. The van der Waals surface area contributed by atoms with Crippen molar-refractivity contribution in [3.05, 3.63) is 11.1 Å². The van der Waals surface area contributed by atoms with E-state index in [2.05, 4.69) is 34.6 Å². The van der Waals surface area contributed by atoms with Gasteiger partial charge in [-0.2, -0.15) is 0 Å². The maximum absolute atomic E-state index is 2.51. The van der Waals surface area contributed by atoms with Crippen molar-refractivity contribution in [2.75, 3.05) is 0 Å². The molecule has 0 fully saturated rings. The van der Waals surface area contributed by atoms with E-state index in [4.69, 9.17) is 0 Å². The van der Waals surface area contributed by atoms with Gasteiger partial charge in [0.05, 0.1) is 0 Å². The second-order valence-corrected chi connectivity index (χ2v) is 7.11. The van der Waals surface area contributed by atoms with Crippen molar-refractivity contribution >= 4 is 0 Å². The molecular formula is C16H28. The van der Waals surface area contributed by atoms with Gasteiger partial charge < -0.3 is 0 Å². The minimum Gasteiger partial charge on any atom is -0.0702 e. The summed E-state index contributed by atoms with van der Waals surface area (Å²) in [4.78, 5) is 0. The molecule has 0 bridgehead atoms. The van der Waals surface area contributed by atoms with E-state index in [9.17, 15) is 0 Å². The van der Waals surface area contributed by atoms with Gasteiger partial charge in [-0.05, 0) is 48.9 Å². The Hall–Kier alpha value is -0.260. The molecule has 2 rings (SSSR count). The zero-order chi connectivity index (χ0) is 12.0. The summed E-state index contributed by atoms with van der Waals surface area (Å²) in [6.45, 7) is 12.3. The summed E-state index contributed by atoms with van der Waals surface area (Å²) in [5.41, 5.74) is 4.72. The lowest BCUT2D eigenvalue weighted by molar-refractivity contribution is 0.147. The van der Waals surface area contributed by atoms with Crippen LogP contribution in [0.25, 0.3) is 0 Å². The van der Waals surface area contributed by atoms with Crippen LogP contribution in [0.1, 0.15) is 73.1 Å². The number of hydrogen-bond donors (Lipinski definition) is 0. The van der Waals surface area contributed by atoms with Gasteiger partial charge in [0, 0.05) is 0 Å². The van der Waals surface area contributed by atoms with Gasteiger partial charge >= 0.3 is 0 Å². The van der Waals surface area contributed by atoms with E-state index in [1.807, 2.05) is 11.1 Å². The molecule has 0 spiro atoms. The average molecular weight is 220 g/mol. The number of hydrogen-bond acceptors (Lipinski definition) is 0. The Balaban J connectivity index is 2.35. The summed E-state index contributed by atoms with van der Waals surface area (Å²) in [7, 11) is 0. The normalized spacial score (nSPS) is 38.4. The topological polar surface area (TPSA) is 0 Å². The predicted molar refractivity (Wildman–Crippen MR) is 71.5 cm³/mol. The first kappa shape index (κ1) is 12.2. The van der Waals surface area contributed by atoms with Crippen LogP contribution in [0.2, 0.25) is 0 Å². The molecule has 0 aromatic rings. The van der Waals surface area contributed by atoms with Crippen molar-refractivity contribution in [1.29, 1.82) is 0 Å². The fourth-order valence-electron chi connectivity index (χ4n) is 3.78. The SMILES string of the molecule is CCC1(C)CC2=C(CCCC2(C)C)CC1C. The van der Waals surface area contributed by atoms with Gasteiger partial charge in [-0.25, -0.2) is 0 Å². The molecule has 2 atom stereocenters. The summed E-state index contributed by atoms with van der Waals surface area (Å²) in [5.74, 6) is 0.880. The molecule has 0 aromatic heterocycles. The van der Waals surface area contributed by atoms with Crippen molar-refractivity contribution in [3.8, 4) is 0 Å². The van der Waals surface area contributed by atoms with Crippen molar-refractivity contribution in [2.24, 2.45) is 16.7 Å². The van der Waals surface area contributed by atoms with Crippen LogP contribution < -0.4 is 0 Å². The molecule has 92 valence electrons. The molecule has 0 amide bonds. The van der Waals surface area contributed by atoms with Gasteiger partial charge in [-0.3, -0.25) is 0 Å². The lowest BCUT2D eigenvalue weighted by Crippen LogP contribution is -2.35. The van der Waals surface area contributed by atoms with E-state index in [0.717, 1.165) is 5.92 Å². The van der Waals surface area contributed by atoms with Gasteiger partial charge in [0.15, 0.2) is 0 Å². The molecule has 0 nitrogen and oxygen atoms in total. The molecule has 0 saturated carbocycles. The summed E-state index contributed by atoms with van der Waals surface area (Å²) in [6, 6.07) is 0. The van der Waals surface area contributed by atoms with Crippen LogP contribution in [0.15, 0.2) is 11.1 Å². The zero-order valence-electron chi connectivity index (χ0n) is 11.8. The zero-order valence-corrected chi connectivity index (χ0v) is 11.8. The van der Waals surface area contributed by atoms with Crippen molar-refractivity contribution in [1.82, 2.24) is 0 Å². The van der Waals surface area contributed by atoms with E-state index >= 15 is 0 Å². The van der Waals surface area contributed by atoms with Gasteiger partial charge in [-0.15, -0.1) is 0 Å². The van der Waals surface area contributed by atoms with Gasteiger partial charge in [0.2, 0.25) is 0 Å². The Kier molecular flexibility index (Phi) is 2.97. The minimum atomic E-state index is 0.490. The molecule has 0 saturated heterocycles. The first-order valence-electron chi connectivity index (χ1n) is 7.10. The van der Waals surface area contributed by atoms with Crippen molar-refractivity contribution < 1.29 is 0 Å².